The molecule has 0 bridgehead atoms. The minimum absolute atomic E-state index is 0.0575. The highest BCUT2D eigenvalue weighted by Gasteiger charge is 2.20. The minimum atomic E-state index is 0.0575. The Labute approximate surface area is 115 Å². The van der Waals surface area contributed by atoms with Crippen molar-refractivity contribution in [2.45, 2.75) is 40.0 Å². The van der Waals surface area contributed by atoms with Gasteiger partial charge in [0.15, 0.2) is 0 Å². The quantitative estimate of drug-likeness (QED) is 0.872. The summed E-state index contributed by atoms with van der Waals surface area (Å²) in [6, 6.07) is 5.94. The molecule has 3 heteroatoms. The molecule has 2 N–H and O–H groups in total. The Kier molecular flexibility index (Phi) is 4.13. The molecule has 0 spiro atoms. The van der Waals surface area contributed by atoms with Gasteiger partial charge in [0.2, 0.25) is 0 Å². The van der Waals surface area contributed by atoms with Crippen molar-refractivity contribution in [2.75, 3.05) is 18.4 Å². The number of hydrogen-bond donors (Lipinski definition) is 2. The summed E-state index contributed by atoms with van der Waals surface area (Å²) in [6.07, 6.45) is 3.14. The molecule has 1 aromatic rings. The zero-order valence-electron chi connectivity index (χ0n) is 12.2. The van der Waals surface area contributed by atoms with Crippen LogP contribution < -0.4 is 10.6 Å². The molecule has 3 nitrogen and oxygen atoms in total. The second-order valence-corrected chi connectivity index (χ2v) is 6.06. The van der Waals surface area contributed by atoms with Crippen molar-refractivity contribution in [3.63, 3.8) is 0 Å². The SMILES string of the molecule is CCC(C)(C)CNC(=O)c1cccc2c1CCCN2. The van der Waals surface area contributed by atoms with E-state index in [9.17, 15) is 4.79 Å². The molecule has 2 rings (SSSR count). The van der Waals surface area contributed by atoms with Gasteiger partial charge in [-0.2, -0.15) is 0 Å². The molecule has 0 atom stereocenters. The smallest absolute Gasteiger partial charge is 0.251 e. The molecule has 0 fully saturated rings. The number of carbonyl (C=O) groups is 1. The van der Waals surface area contributed by atoms with Crippen molar-refractivity contribution in [2.24, 2.45) is 5.41 Å². The Morgan fingerprint density at radius 2 is 2.21 bits per heavy atom. The van der Waals surface area contributed by atoms with Gasteiger partial charge in [-0.05, 0) is 42.4 Å². The van der Waals surface area contributed by atoms with Gasteiger partial charge in [0.1, 0.15) is 0 Å². The van der Waals surface area contributed by atoms with Crippen molar-refractivity contribution >= 4 is 11.6 Å². The minimum Gasteiger partial charge on any atom is -0.385 e. The van der Waals surface area contributed by atoms with E-state index in [4.69, 9.17) is 0 Å². The van der Waals surface area contributed by atoms with Crippen molar-refractivity contribution in [1.82, 2.24) is 5.32 Å². The largest absolute Gasteiger partial charge is 0.385 e. The molecule has 1 heterocycles. The first-order chi connectivity index (χ1) is 9.03. The number of anilines is 1. The molecule has 0 aromatic heterocycles. The molecular weight excluding hydrogens is 236 g/mol. The fourth-order valence-electron chi connectivity index (χ4n) is 2.26. The summed E-state index contributed by atoms with van der Waals surface area (Å²) < 4.78 is 0. The molecule has 1 aromatic carbocycles. The van der Waals surface area contributed by atoms with Crippen LogP contribution >= 0.6 is 0 Å². The highest BCUT2D eigenvalue weighted by atomic mass is 16.1. The van der Waals surface area contributed by atoms with Gasteiger partial charge in [-0.1, -0.05) is 26.8 Å². The normalized spacial score (nSPS) is 14.5. The maximum atomic E-state index is 12.3. The van der Waals surface area contributed by atoms with Crippen LogP contribution in [0.15, 0.2) is 18.2 Å². The monoisotopic (exact) mass is 260 g/mol. The standard InChI is InChI=1S/C16H24N2O/c1-4-16(2,3)11-18-15(19)13-7-5-9-14-12(13)8-6-10-17-14/h5,7,9,17H,4,6,8,10-11H2,1-3H3,(H,18,19). The van der Waals surface area contributed by atoms with Gasteiger partial charge in [0.05, 0.1) is 0 Å². The van der Waals surface area contributed by atoms with Gasteiger partial charge in [0.25, 0.3) is 5.91 Å². The zero-order chi connectivity index (χ0) is 13.9. The summed E-state index contributed by atoms with van der Waals surface area (Å²) in [5, 5.41) is 6.43. The van der Waals surface area contributed by atoms with E-state index in [0.717, 1.165) is 43.6 Å². The van der Waals surface area contributed by atoms with Crippen LogP contribution in [-0.2, 0) is 6.42 Å². The first kappa shape index (κ1) is 13.9. The lowest BCUT2D eigenvalue weighted by Gasteiger charge is -2.24. The van der Waals surface area contributed by atoms with Gasteiger partial charge in [0, 0.05) is 24.3 Å². The summed E-state index contributed by atoms with van der Waals surface area (Å²) in [6.45, 7) is 8.23. The van der Waals surface area contributed by atoms with Gasteiger partial charge in [-0.15, -0.1) is 0 Å². The van der Waals surface area contributed by atoms with Crippen LogP contribution in [0.1, 0.15) is 49.5 Å². The lowest BCUT2D eigenvalue weighted by molar-refractivity contribution is 0.0934. The molecule has 0 unspecified atom stereocenters. The Morgan fingerprint density at radius 3 is 2.95 bits per heavy atom. The molecule has 0 saturated heterocycles. The van der Waals surface area contributed by atoms with Crippen LogP contribution in [0.4, 0.5) is 5.69 Å². The topological polar surface area (TPSA) is 41.1 Å². The summed E-state index contributed by atoms with van der Waals surface area (Å²) >= 11 is 0. The number of benzene rings is 1. The third-order valence-electron chi connectivity index (χ3n) is 4.02. The first-order valence-corrected chi connectivity index (χ1v) is 7.17. The highest BCUT2D eigenvalue weighted by Crippen LogP contribution is 2.25. The average Bonchev–Trinajstić information content (AvgIpc) is 2.44. The van der Waals surface area contributed by atoms with Crippen LogP contribution in [0.3, 0.4) is 0 Å². The van der Waals surface area contributed by atoms with E-state index in [1.165, 1.54) is 5.56 Å². The number of hydrogen-bond acceptors (Lipinski definition) is 2. The Bertz CT molecular complexity index is 466. The van der Waals surface area contributed by atoms with E-state index < -0.39 is 0 Å². The second-order valence-electron chi connectivity index (χ2n) is 6.06. The van der Waals surface area contributed by atoms with E-state index in [1.54, 1.807) is 0 Å². The fraction of sp³-hybridized carbons (Fsp3) is 0.562. The van der Waals surface area contributed by atoms with Gasteiger partial charge >= 0.3 is 0 Å². The molecule has 0 saturated carbocycles. The summed E-state index contributed by atoms with van der Waals surface area (Å²) in [5.74, 6) is 0.0575. The van der Waals surface area contributed by atoms with E-state index in [-0.39, 0.29) is 11.3 Å². The second kappa shape index (κ2) is 5.64. The number of carbonyl (C=O) groups excluding carboxylic acids is 1. The van der Waals surface area contributed by atoms with E-state index in [0.29, 0.717) is 0 Å². The van der Waals surface area contributed by atoms with Crippen LogP contribution in [0, 0.1) is 5.41 Å². The summed E-state index contributed by atoms with van der Waals surface area (Å²) in [5.41, 5.74) is 3.27. The Morgan fingerprint density at radius 1 is 1.42 bits per heavy atom. The van der Waals surface area contributed by atoms with E-state index >= 15 is 0 Å². The molecule has 0 aliphatic carbocycles. The maximum Gasteiger partial charge on any atom is 0.251 e. The maximum absolute atomic E-state index is 12.3. The third kappa shape index (κ3) is 3.28. The van der Waals surface area contributed by atoms with Crippen LogP contribution in [0.2, 0.25) is 0 Å². The van der Waals surface area contributed by atoms with Crippen molar-refractivity contribution < 1.29 is 4.79 Å². The molecule has 19 heavy (non-hydrogen) atoms. The fourth-order valence-corrected chi connectivity index (χ4v) is 2.26. The van der Waals surface area contributed by atoms with Crippen LogP contribution in [0.5, 0.6) is 0 Å². The van der Waals surface area contributed by atoms with Crippen molar-refractivity contribution in [3.8, 4) is 0 Å². The lowest BCUT2D eigenvalue weighted by atomic mass is 9.90. The molecule has 104 valence electrons. The predicted molar refractivity (Wildman–Crippen MR) is 79.7 cm³/mol. The summed E-state index contributed by atoms with van der Waals surface area (Å²) in [4.78, 5) is 12.3. The molecule has 0 radical (unpaired) electrons. The first-order valence-electron chi connectivity index (χ1n) is 7.17. The van der Waals surface area contributed by atoms with E-state index in [1.807, 2.05) is 12.1 Å². The highest BCUT2D eigenvalue weighted by molar-refractivity contribution is 5.97. The van der Waals surface area contributed by atoms with Crippen LogP contribution in [0.25, 0.3) is 0 Å². The molecule has 1 aliphatic rings. The van der Waals surface area contributed by atoms with Crippen LogP contribution in [-0.4, -0.2) is 19.0 Å². The molecular formula is C16H24N2O. The van der Waals surface area contributed by atoms with E-state index in [2.05, 4.69) is 37.5 Å². The molecule has 1 amide bonds. The Hall–Kier alpha value is -1.51. The van der Waals surface area contributed by atoms with Gasteiger partial charge in [-0.3, -0.25) is 4.79 Å². The van der Waals surface area contributed by atoms with Gasteiger partial charge < -0.3 is 10.6 Å². The number of rotatable bonds is 4. The molecule has 1 aliphatic heterocycles. The van der Waals surface area contributed by atoms with Crippen molar-refractivity contribution in [1.29, 1.82) is 0 Å². The third-order valence-corrected chi connectivity index (χ3v) is 4.02. The number of fused-ring (bicyclic) bond motifs is 1. The van der Waals surface area contributed by atoms with Crippen molar-refractivity contribution in [3.05, 3.63) is 29.3 Å². The lowest BCUT2D eigenvalue weighted by Crippen LogP contribution is -2.34. The average molecular weight is 260 g/mol. The number of nitrogens with one attached hydrogen (secondary N) is 2. The number of amides is 1. The van der Waals surface area contributed by atoms with Gasteiger partial charge in [-0.25, -0.2) is 0 Å². The Balaban J connectivity index is 2.11. The zero-order valence-corrected chi connectivity index (χ0v) is 12.2. The summed E-state index contributed by atoms with van der Waals surface area (Å²) in [7, 11) is 0. The predicted octanol–water partition coefficient (Wildman–Crippen LogP) is 3.21.